The SMILES string of the molecule is O=C(NC1CCCCCCC1)C1CCCN1S(=O)(=O)c1ccc2c(c1)OCCO2. The average molecular weight is 423 g/mol. The number of ether oxygens (including phenoxy) is 2. The number of sulfonamides is 1. The van der Waals surface area contributed by atoms with Crippen molar-refractivity contribution in [2.45, 2.75) is 74.8 Å². The van der Waals surface area contributed by atoms with Gasteiger partial charge in [-0.1, -0.05) is 32.1 Å². The molecule has 2 aliphatic heterocycles. The van der Waals surface area contributed by atoms with E-state index in [4.69, 9.17) is 9.47 Å². The molecule has 4 rings (SSSR count). The summed E-state index contributed by atoms with van der Waals surface area (Å²) in [4.78, 5) is 13.1. The van der Waals surface area contributed by atoms with Gasteiger partial charge in [-0.2, -0.15) is 4.31 Å². The molecule has 1 amide bonds. The Labute approximate surface area is 172 Å². The lowest BCUT2D eigenvalue weighted by molar-refractivity contribution is -0.125. The second-order valence-corrected chi connectivity index (χ2v) is 10.0. The number of hydrogen-bond donors (Lipinski definition) is 1. The van der Waals surface area contributed by atoms with E-state index >= 15 is 0 Å². The van der Waals surface area contributed by atoms with E-state index in [2.05, 4.69) is 5.32 Å². The molecule has 160 valence electrons. The van der Waals surface area contributed by atoms with Gasteiger partial charge in [-0.25, -0.2) is 8.42 Å². The smallest absolute Gasteiger partial charge is 0.243 e. The number of carbonyl (C=O) groups excluding carboxylic acids is 1. The summed E-state index contributed by atoms with van der Waals surface area (Å²) in [6.45, 7) is 1.21. The number of fused-ring (bicyclic) bond motifs is 1. The molecule has 1 aromatic carbocycles. The number of hydrogen-bond acceptors (Lipinski definition) is 5. The van der Waals surface area contributed by atoms with Gasteiger partial charge in [0.25, 0.3) is 0 Å². The van der Waals surface area contributed by atoms with E-state index in [0.717, 1.165) is 25.7 Å². The summed E-state index contributed by atoms with van der Waals surface area (Å²) in [6, 6.07) is 4.18. The Kier molecular flexibility index (Phi) is 6.29. The van der Waals surface area contributed by atoms with Crippen molar-refractivity contribution in [2.75, 3.05) is 19.8 Å². The second-order valence-electron chi connectivity index (χ2n) is 8.13. The van der Waals surface area contributed by atoms with Crippen molar-refractivity contribution in [3.8, 4) is 11.5 Å². The van der Waals surface area contributed by atoms with Crippen LogP contribution in [0.15, 0.2) is 23.1 Å². The van der Waals surface area contributed by atoms with E-state index in [1.54, 1.807) is 6.07 Å². The van der Waals surface area contributed by atoms with Crippen molar-refractivity contribution in [1.29, 1.82) is 0 Å². The van der Waals surface area contributed by atoms with Crippen LogP contribution in [-0.4, -0.2) is 50.5 Å². The minimum Gasteiger partial charge on any atom is -0.486 e. The first-order valence-electron chi connectivity index (χ1n) is 10.8. The van der Waals surface area contributed by atoms with Crippen molar-refractivity contribution in [1.82, 2.24) is 9.62 Å². The monoisotopic (exact) mass is 422 g/mol. The molecule has 0 aromatic heterocycles. The molecule has 1 saturated carbocycles. The molecule has 7 nitrogen and oxygen atoms in total. The molecular weight excluding hydrogens is 392 g/mol. The van der Waals surface area contributed by atoms with E-state index in [-0.39, 0.29) is 16.8 Å². The second kappa shape index (κ2) is 8.92. The summed E-state index contributed by atoms with van der Waals surface area (Å²) in [6.07, 6.45) is 9.13. The van der Waals surface area contributed by atoms with Crippen LogP contribution < -0.4 is 14.8 Å². The van der Waals surface area contributed by atoms with E-state index < -0.39 is 16.1 Å². The minimum absolute atomic E-state index is 0.146. The van der Waals surface area contributed by atoms with Gasteiger partial charge in [0.15, 0.2) is 11.5 Å². The van der Waals surface area contributed by atoms with Crippen molar-refractivity contribution in [2.24, 2.45) is 0 Å². The number of nitrogens with one attached hydrogen (secondary N) is 1. The van der Waals surface area contributed by atoms with E-state index in [0.29, 0.717) is 44.1 Å². The molecule has 1 aliphatic carbocycles. The zero-order chi connectivity index (χ0) is 20.3. The van der Waals surface area contributed by atoms with E-state index in [1.807, 2.05) is 0 Å². The standard InChI is InChI=1S/C21H30N2O5S/c24-21(22-16-7-4-2-1-3-5-8-16)18-9-6-12-23(18)29(25,26)17-10-11-19-20(15-17)28-14-13-27-19/h10-11,15-16,18H,1-9,12-14H2,(H,22,24). The molecule has 1 atom stereocenters. The highest BCUT2D eigenvalue weighted by atomic mass is 32.2. The number of amides is 1. The van der Waals surface area contributed by atoms with Crippen LogP contribution >= 0.6 is 0 Å². The Balaban J connectivity index is 1.48. The van der Waals surface area contributed by atoms with Gasteiger partial charge in [0.1, 0.15) is 19.3 Å². The van der Waals surface area contributed by atoms with Crippen molar-refractivity contribution >= 4 is 15.9 Å². The van der Waals surface area contributed by atoms with Crippen LogP contribution in [0.1, 0.15) is 57.8 Å². The third-order valence-electron chi connectivity index (χ3n) is 6.08. The minimum atomic E-state index is -3.78. The molecule has 8 heteroatoms. The Bertz CT molecular complexity index is 833. The Morgan fingerprint density at radius 2 is 1.62 bits per heavy atom. The van der Waals surface area contributed by atoms with Gasteiger partial charge in [0.05, 0.1) is 4.90 Å². The fourth-order valence-corrected chi connectivity index (χ4v) is 6.18. The average Bonchev–Trinajstić information content (AvgIpc) is 3.20. The summed E-state index contributed by atoms with van der Waals surface area (Å²) >= 11 is 0. The number of carbonyl (C=O) groups is 1. The summed E-state index contributed by atoms with van der Waals surface area (Å²) in [5, 5.41) is 3.14. The molecule has 0 bridgehead atoms. The van der Waals surface area contributed by atoms with E-state index in [1.165, 1.54) is 35.7 Å². The van der Waals surface area contributed by atoms with Crippen LogP contribution in [0.4, 0.5) is 0 Å². The van der Waals surface area contributed by atoms with Crippen LogP contribution in [0.25, 0.3) is 0 Å². The highest BCUT2D eigenvalue weighted by Gasteiger charge is 2.40. The van der Waals surface area contributed by atoms with Gasteiger partial charge in [-0.15, -0.1) is 0 Å². The topological polar surface area (TPSA) is 84.9 Å². The number of nitrogens with zero attached hydrogens (tertiary/aromatic N) is 1. The van der Waals surface area contributed by atoms with Crippen LogP contribution in [0.2, 0.25) is 0 Å². The highest BCUT2D eigenvalue weighted by molar-refractivity contribution is 7.89. The maximum absolute atomic E-state index is 13.3. The molecule has 29 heavy (non-hydrogen) atoms. The zero-order valence-electron chi connectivity index (χ0n) is 16.8. The predicted octanol–water partition coefficient (Wildman–Crippen LogP) is 2.84. The number of rotatable bonds is 4. The highest BCUT2D eigenvalue weighted by Crippen LogP contribution is 2.35. The van der Waals surface area contributed by atoms with Crippen molar-refractivity contribution in [3.63, 3.8) is 0 Å². The van der Waals surface area contributed by atoms with Gasteiger partial charge < -0.3 is 14.8 Å². The number of benzene rings is 1. The summed E-state index contributed by atoms with van der Waals surface area (Å²) in [5.41, 5.74) is 0. The van der Waals surface area contributed by atoms with Gasteiger partial charge in [-0.3, -0.25) is 4.79 Å². The van der Waals surface area contributed by atoms with Gasteiger partial charge in [0.2, 0.25) is 15.9 Å². The molecule has 0 radical (unpaired) electrons. The molecule has 2 fully saturated rings. The summed E-state index contributed by atoms with van der Waals surface area (Å²) in [5.74, 6) is 0.830. The normalized spacial score (nSPS) is 23.9. The van der Waals surface area contributed by atoms with Gasteiger partial charge in [-0.05, 0) is 37.8 Å². The van der Waals surface area contributed by atoms with Crippen LogP contribution in [-0.2, 0) is 14.8 Å². The van der Waals surface area contributed by atoms with Crippen molar-refractivity contribution in [3.05, 3.63) is 18.2 Å². The predicted molar refractivity (Wildman–Crippen MR) is 109 cm³/mol. The molecule has 1 saturated heterocycles. The lowest BCUT2D eigenvalue weighted by Crippen LogP contribution is -2.48. The van der Waals surface area contributed by atoms with Gasteiger partial charge >= 0.3 is 0 Å². The maximum atomic E-state index is 13.3. The Morgan fingerprint density at radius 3 is 2.38 bits per heavy atom. The molecular formula is C21H30N2O5S. The fourth-order valence-electron chi connectivity index (χ4n) is 4.51. The van der Waals surface area contributed by atoms with Crippen LogP contribution in [0, 0.1) is 0 Å². The molecule has 1 N–H and O–H groups in total. The molecule has 3 aliphatic rings. The van der Waals surface area contributed by atoms with Crippen LogP contribution in [0.3, 0.4) is 0 Å². The first kappa shape index (κ1) is 20.5. The first-order valence-corrected chi connectivity index (χ1v) is 12.2. The van der Waals surface area contributed by atoms with Crippen LogP contribution in [0.5, 0.6) is 11.5 Å². The molecule has 0 spiro atoms. The molecule has 1 unspecified atom stereocenters. The first-order chi connectivity index (χ1) is 14.1. The van der Waals surface area contributed by atoms with E-state index in [9.17, 15) is 13.2 Å². The molecule has 2 heterocycles. The summed E-state index contributed by atoms with van der Waals surface area (Å²) in [7, 11) is -3.78. The lowest BCUT2D eigenvalue weighted by atomic mass is 9.96. The fraction of sp³-hybridized carbons (Fsp3) is 0.667. The third kappa shape index (κ3) is 4.53. The Hall–Kier alpha value is -1.80. The third-order valence-corrected chi connectivity index (χ3v) is 7.98. The zero-order valence-corrected chi connectivity index (χ0v) is 17.6. The maximum Gasteiger partial charge on any atom is 0.243 e. The summed E-state index contributed by atoms with van der Waals surface area (Å²) < 4.78 is 38.9. The lowest BCUT2D eigenvalue weighted by Gasteiger charge is -2.27. The van der Waals surface area contributed by atoms with Crippen molar-refractivity contribution < 1.29 is 22.7 Å². The molecule has 1 aromatic rings. The largest absolute Gasteiger partial charge is 0.486 e. The van der Waals surface area contributed by atoms with Gasteiger partial charge in [0, 0.05) is 18.7 Å². The Morgan fingerprint density at radius 1 is 0.931 bits per heavy atom. The quantitative estimate of drug-likeness (QED) is 0.807.